The Morgan fingerprint density at radius 2 is 1.76 bits per heavy atom. The quantitative estimate of drug-likeness (QED) is 0.829. The normalized spacial score (nSPS) is 27.0. The number of benzene rings is 1. The van der Waals surface area contributed by atoms with Crippen molar-refractivity contribution in [2.75, 3.05) is 13.2 Å². The van der Waals surface area contributed by atoms with E-state index in [0.717, 1.165) is 4.90 Å². The van der Waals surface area contributed by atoms with Gasteiger partial charge in [-0.05, 0) is 12.1 Å². The van der Waals surface area contributed by atoms with Crippen LogP contribution in [0.15, 0.2) is 35.2 Å². The molecule has 0 aromatic heterocycles. The summed E-state index contributed by atoms with van der Waals surface area (Å²) >= 11 is 0. The van der Waals surface area contributed by atoms with E-state index >= 15 is 0 Å². The second-order valence-corrected chi connectivity index (χ2v) is 6.24. The summed E-state index contributed by atoms with van der Waals surface area (Å²) in [5.41, 5.74) is 0. The molecule has 0 aliphatic carbocycles. The van der Waals surface area contributed by atoms with Gasteiger partial charge < -0.3 is 9.47 Å². The van der Waals surface area contributed by atoms with E-state index in [9.17, 15) is 4.21 Å². The lowest BCUT2D eigenvalue weighted by molar-refractivity contribution is -0.196. The maximum atomic E-state index is 12.2. The molecule has 17 heavy (non-hydrogen) atoms. The fourth-order valence-corrected chi connectivity index (χ4v) is 2.97. The summed E-state index contributed by atoms with van der Waals surface area (Å²) in [6.07, 6.45) is -0.154. The van der Waals surface area contributed by atoms with Crippen molar-refractivity contribution in [1.29, 1.82) is 0 Å². The van der Waals surface area contributed by atoms with Gasteiger partial charge in [0.2, 0.25) is 0 Å². The van der Waals surface area contributed by atoms with Crippen molar-refractivity contribution < 1.29 is 13.7 Å². The highest BCUT2D eigenvalue weighted by Crippen LogP contribution is 2.19. The van der Waals surface area contributed by atoms with E-state index in [2.05, 4.69) is 13.8 Å². The van der Waals surface area contributed by atoms with Gasteiger partial charge in [-0.25, -0.2) is 0 Å². The molecule has 0 bridgehead atoms. The molecular weight excluding hydrogens is 236 g/mol. The van der Waals surface area contributed by atoms with Crippen LogP contribution in [0.3, 0.4) is 0 Å². The molecule has 2 rings (SSSR count). The molecule has 3 nitrogen and oxygen atoms in total. The van der Waals surface area contributed by atoms with Crippen molar-refractivity contribution in [2.24, 2.45) is 5.92 Å². The summed E-state index contributed by atoms with van der Waals surface area (Å²) in [6.45, 7) is 5.12. The summed E-state index contributed by atoms with van der Waals surface area (Å²) in [5.74, 6) is 0.334. The van der Waals surface area contributed by atoms with Gasteiger partial charge in [-0.15, -0.1) is 0 Å². The first-order valence-electron chi connectivity index (χ1n) is 5.87. The lowest BCUT2D eigenvalue weighted by atomic mass is 10.2. The van der Waals surface area contributed by atoms with E-state index in [1.807, 2.05) is 30.3 Å². The first-order valence-corrected chi connectivity index (χ1v) is 7.08. The molecule has 1 heterocycles. The second-order valence-electron chi connectivity index (χ2n) is 4.51. The van der Waals surface area contributed by atoms with Crippen LogP contribution in [0.5, 0.6) is 0 Å². The van der Waals surface area contributed by atoms with Gasteiger partial charge in [0.1, 0.15) is 0 Å². The molecule has 1 aromatic rings. The maximum absolute atomic E-state index is 12.2. The van der Waals surface area contributed by atoms with E-state index in [1.165, 1.54) is 0 Å². The van der Waals surface area contributed by atoms with Crippen molar-refractivity contribution in [2.45, 2.75) is 30.3 Å². The third kappa shape index (κ3) is 3.15. The Morgan fingerprint density at radius 3 is 2.29 bits per heavy atom. The van der Waals surface area contributed by atoms with Crippen LogP contribution in [-0.4, -0.2) is 29.0 Å². The van der Waals surface area contributed by atoms with Crippen LogP contribution in [0.25, 0.3) is 0 Å². The Morgan fingerprint density at radius 1 is 1.18 bits per heavy atom. The van der Waals surface area contributed by atoms with Crippen LogP contribution in [-0.2, 0) is 20.3 Å². The minimum Gasteiger partial charge on any atom is -0.351 e. The lowest BCUT2D eigenvalue weighted by Gasteiger charge is -2.31. The van der Waals surface area contributed by atoms with Crippen LogP contribution in [0.1, 0.15) is 13.8 Å². The molecule has 94 valence electrons. The SMILES string of the molecule is CC(C)C1OCC(S(=O)c2ccccc2)CO1. The van der Waals surface area contributed by atoms with Crippen molar-refractivity contribution in [3.05, 3.63) is 30.3 Å². The van der Waals surface area contributed by atoms with Crippen LogP contribution >= 0.6 is 0 Å². The number of rotatable bonds is 3. The maximum Gasteiger partial charge on any atom is 0.159 e. The van der Waals surface area contributed by atoms with Crippen LogP contribution in [0.4, 0.5) is 0 Å². The predicted octanol–water partition coefficient (Wildman–Crippen LogP) is 2.19. The lowest BCUT2D eigenvalue weighted by Crippen LogP contribution is -2.40. The first kappa shape index (κ1) is 12.7. The van der Waals surface area contributed by atoms with Crippen molar-refractivity contribution in [3.8, 4) is 0 Å². The molecule has 1 atom stereocenters. The first-order chi connectivity index (χ1) is 8.18. The molecule has 0 spiro atoms. The number of hydrogen-bond donors (Lipinski definition) is 0. The van der Waals surface area contributed by atoms with Crippen LogP contribution < -0.4 is 0 Å². The van der Waals surface area contributed by atoms with E-state index in [0.29, 0.717) is 19.1 Å². The molecule has 1 aromatic carbocycles. The van der Waals surface area contributed by atoms with Gasteiger partial charge >= 0.3 is 0 Å². The minimum atomic E-state index is -1.05. The third-order valence-electron chi connectivity index (χ3n) is 2.72. The highest BCUT2D eigenvalue weighted by molar-refractivity contribution is 7.85. The highest BCUT2D eigenvalue weighted by Gasteiger charge is 2.28. The Labute approximate surface area is 105 Å². The molecule has 0 N–H and O–H groups in total. The van der Waals surface area contributed by atoms with Gasteiger partial charge in [-0.1, -0.05) is 32.0 Å². The average Bonchev–Trinajstić information content (AvgIpc) is 2.39. The zero-order valence-electron chi connectivity index (χ0n) is 10.2. The fraction of sp³-hybridized carbons (Fsp3) is 0.538. The average molecular weight is 254 g/mol. The van der Waals surface area contributed by atoms with Gasteiger partial charge in [-0.3, -0.25) is 4.21 Å². The van der Waals surface area contributed by atoms with Crippen molar-refractivity contribution >= 4 is 10.8 Å². The molecule has 1 aliphatic heterocycles. The van der Waals surface area contributed by atoms with Gasteiger partial charge in [-0.2, -0.15) is 0 Å². The summed E-state index contributed by atoms with van der Waals surface area (Å²) in [5, 5.41) is -0.0626. The van der Waals surface area contributed by atoms with Gasteiger partial charge in [0.15, 0.2) is 6.29 Å². The minimum absolute atomic E-state index is 0.0626. The molecule has 1 unspecified atom stereocenters. The highest BCUT2D eigenvalue weighted by atomic mass is 32.2. The topological polar surface area (TPSA) is 35.5 Å². The monoisotopic (exact) mass is 254 g/mol. The Kier molecular flexibility index (Phi) is 4.31. The molecule has 1 saturated heterocycles. The molecule has 0 amide bonds. The zero-order valence-corrected chi connectivity index (χ0v) is 11.0. The fourth-order valence-electron chi connectivity index (χ4n) is 1.76. The van der Waals surface area contributed by atoms with Gasteiger partial charge in [0.05, 0.1) is 29.3 Å². The number of ether oxygens (including phenoxy) is 2. The molecule has 1 aliphatic rings. The zero-order chi connectivity index (χ0) is 12.3. The molecule has 0 radical (unpaired) electrons. The molecular formula is C13H18O3S. The van der Waals surface area contributed by atoms with Gasteiger partial charge in [0, 0.05) is 10.8 Å². The van der Waals surface area contributed by atoms with Gasteiger partial charge in [0.25, 0.3) is 0 Å². The second kappa shape index (κ2) is 5.76. The van der Waals surface area contributed by atoms with Crippen molar-refractivity contribution in [1.82, 2.24) is 0 Å². The van der Waals surface area contributed by atoms with Crippen LogP contribution in [0, 0.1) is 5.92 Å². The predicted molar refractivity (Wildman–Crippen MR) is 67.2 cm³/mol. The summed E-state index contributed by atoms with van der Waals surface area (Å²) in [7, 11) is -1.05. The van der Waals surface area contributed by atoms with E-state index in [1.54, 1.807) is 0 Å². The summed E-state index contributed by atoms with van der Waals surface area (Å²) in [4.78, 5) is 0.840. The summed E-state index contributed by atoms with van der Waals surface area (Å²) < 4.78 is 23.4. The summed E-state index contributed by atoms with van der Waals surface area (Å²) in [6, 6.07) is 9.47. The largest absolute Gasteiger partial charge is 0.351 e. The Balaban J connectivity index is 1.95. The standard InChI is InChI=1S/C13H18O3S/c1-10(2)13-15-8-12(9-16-13)17(14)11-6-4-3-5-7-11/h3-7,10,12-13H,8-9H2,1-2H3. The smallest absolute Gasteiger partial charge is 0.159 e. The Bertz CT molecular complexity index is 370. The van der Waals surface area contributed by atoms with E-state index < -0.39 is 10.8 Å². The van der Waals surface area contributed by atoms with Crippen LogP contribution in [0.2, 0.25) is 0 Å². The van der Waals surface area contributed by atoms with E-state index in [4.69, 9.17) is 9.47 Å². The number of hydrogen-bond acceptors (Lipinski definition) is 3. The third-order valence-corrected chi connectivity index (χ3v) is 4.33. The van der Waals surface area contributed by atoms with Crippen molar-refractivity contribution in [3.63, 3.8) is 0 Å². The molecule has 4 heteroatoms. The molecule has 1 fully saturated rings. The molecule has 0 saturated carbocycles. The Hall–Kier alpha value is -0.710. The van der Waals surface area contributed by atoms with E-state index in [-0.39, 0.29) is 11.5 Å².